The molecule has 1 saturated heterocycles. The van der Waals surface area contributed by atoms with Crippen LogP contribution in [0.15, 0.2) is 23.2 Å². The van der Waals surface area contributed by atoms with E-state index < -0.39 is 0 Å². The largest absolute Gasteiger partial charge is 0.493 e. The Bertz CT molecular complexity index is 513. The number of hydrogen-bond donors (Lipinski definition) is 2. The molecule has 0 unspecified atom stereocenters. The minimum absolute atomic E-state index is 0.190. The second kappa shape index (κ2) is 6.67. The van der Waals surface area contributed by atoms with Gasteiger partial charge < -0.3 is 24.8 Å². The molecular weight excluding hydrogens is 270 g/mol. The van der Waals surface area contributed by atoms with Gasteiger partial charge in [0.05, 0.1) is 27.4 Å². The molecule has 0 aromatic heterocycles. The Morgan fingerprint density at radius 1 is 1.29 bits per heavy atom. The number of nitrogens with zero attached hydrogens (tertiary/aromatic N) is 1. The molecule has 0 bridgehead atoms. The van der Waals surface area contributed by atoms with Crippen molar-refractivity contribution in [2.75, 3.05) is 46.3 Å². The van der Waals surface area contributed by atoms with Crippen molar-refractivity contribution >= 4 is 11.6 Å². The summed E-state index contributed by atoms with van der Waals surface area (Å²) in [6.45, 7) is 4.58. The zero-order valence-corrected chi connectivity index (χ0v) is 13.0. The predicted molar refractivity (Wildman–Crippen MR) is 83.5 cm³/mol. The van der Waals surface area contributed by atoms with Crippen LogP contribution in [0.5, 0.6) is 11.5 Å². The van der Waals surface area contributed by atoms with Crippen molar-refractivity contribution in [2.24, 2.45) is 10.4 Å². The Hall–Kier alpha value is -1.95. The smallest absolute Gasteiger partial charge is 0.195 e. The Labute approximate surface area is 125 Å². The molecule has 6 nitrogen and oxygen atoms in total. The molecule has 116 valence electrons. The zero-order valence-electron chi connectivity index (χ0n) is 13.0. The number of guanidine groups is 1. The van der Waals surface area contributed by atoms with Crippen molar-refractivity contribution in [1.82, 2.24) is 5.32 Å². The molecule has 1 aliphatic rings. The Morgan fingerprint density at radius 3 is 2.52 bits per heavy atom. The normalized spacial score (nSPS) is 16.9. The summed E-state index contributed by atoms with van der Waals surface area (Å²) < 4.78 is 15.8. The molecule has 1 aliphatic heterocycles. The number of anilines is 1. The zero-order chi connectivity index (χ0) is 15.3. The number of benzene rings is 1. The highest BCUT2D eigenvalue weighted by atomic mass is 16.5. The number of hydrogen-bond acceptors (Lipinski definition) is 4. The Morgan fingerprint density at radius 2 is 2.00 bits per heavy atom. The topological polar surface area (TPSA) is 64.1 Å². The maximum absolute atomic E-state index is 5.29. The van der Waals surface area contributed by atoms with Gasteiger partial charge in [-0.1, -0.05) is 6.92 Å². The molecule has 0 radical (unpaired) electrons. The lowest BCUT2D eigenvalue weighted by atomic mass is 9.89. The van der Waals surface area contributed by atoms with E-state index in [9.17, 15) is 0 Å². The molecule has 0 aliphatic carbocycles. The first kappa shape index (κ1) is 15.4. The van der Waals surface area contributed by atoms with Gasteiger partial charge in [0.15, 0.2) is 17.5 Å². The van der Waals surface area contributed by atoms with Crippen molar-refractivity contribution in [3.8, 4) is 11.5 Å². The van der Waals surface area contributed by atoms with Gasteiger partial charge in [0, 0.05) is 30.8 Å². The minimum atomic E-state index is 0.190. The standard InChI is InChI=1S/C15H23N3O3/c1-15(9-21-10-15)8-17-14(16-2)18-11-5-6-12(19-3)13(7-11)20-4/h5-7H,8-10H2,1-4H3,(H2,16,17,18). The maximum atomic E-state index is 5.29. The summed E-state index contributed by atoms with van der Waals surface area (Å²) in [6.07, 6.45) is 0. The monoisotopic (exact) mass is 293 g/mol. The van der Waals surface area contributed by atoms with Crippen LogP contribution in [0.2, 0.25) is 0 Å². The van der Waals surface area contributed by atoms with E-state index >= 15 is 0 Å². The van der Waals surface area contributed by atoms with Gasteiger partial charge >= 0.3 is 0 Å². The van der Waals surface area contributed by atoms with Crippen molar-refractivity contribution < 1.29 is 14.2 Å². The van der Waals surface area contributed by atoms with Gasteiger partial charge in [-0.3, -0.25) is 4.99 Å². The van der Waals surface area contributed by atoms with E-state index in [0.717, 1.165) is 31.4 Å². The van der Waals surface area contributed by atoms with E-state index in [4.69, 9.17) is 14.2 Å². The third kappa shape index (κ3) is 3.78. The number of ether oxygens (including phenoxy) is 3. The van der Waals surface area contributed by atoms with Crippen molar-refractivity contribution in [3.05, 3.63) is 18.2 Å². The van der Waals surface area contributed by atoms with Crippen LogP contribution in [0, 0.1) is 5.41 Å². The first-order valence-electron chi connectivity index (χ1n) is 6.88. The molecule has 21 heavy (non-hydrogen) atoms. The van der Waals surface area contributed by atoms with Crippen molar-refractivity contribution in [2.45, 2.75) is 6.92 Å². The van der Waals surface area contributed by atoms with Crippen LogP contribution in [0.25, 0.3) is 0 Å². The maximum Gasteiger partial charge on any atom is 0.195 e. The van der Waals surface area contributed by atoms with E-state index in [2.05, 4.69) is 22.5 Å². The molecule has 1 aromatic carbocycles. The summed E-state index contributed by atoms with van der Waals surface area (Å²) in [5, 5.41) is 6.55. The van der Waals surface area contributed by atoms with Crippen LogP contribution in [-0.4, -0.2) is 47.0 Å². The lowest BCUT2D eigenvalue weighted by Crippen LogP contribution is -2.49. The average molecular weight is 293 g/mol. The summed E-state index contributed by atoms with van der Waals surface area (Å²) >= 11 is 0. The Kier molecular flexibility index (Phi) is 4.90. The summed E-state index contributed by atoms with van der Waals surface area (Å²) in [5.41, 5.74) is 1.07. The second-order valence-electron chi connectivity index (χ2n) is 5.42. The predicted octanol–water partition coefficient (Wildman–Crippen LogP) is 1.73. The summed E-state index contributed by atoms with van der Waals surface area (Å²) in [6, 6.07) is 5.65. The molecule has 0 atom stereocenters. The van der Waals surface area contributed by atoms with Gasteiger partial charge in [0.25, 0.3) is 0 Å². The Balaban J connectivity index is 1.98. The number of rotatable bonds is 5. The van der Waals surface area contributed by atoms with Crippen LogP contribution in [0.4, 0.5) is 5.69 Å². The van der Waals surface area contributed by atoms with E-state index in [-0.39, 0.29) is 5.41 Å². The molecule has 2 N–H and O–H groups in total. The first-order valence-corrected chi connectivity index (χ1v) is 6.88. The fourth-order valence-corrected chi connectivity index (χ4v) is 2.08. The van der Waals surface area contributed by atoms with Crippen LogP contribution in [0.3, 0.4) is 0 Å². The van der Waals surface area contributed by atoms with E-state index in [0.29, 0.717) is 11.5 Å². The minimum Gasteiger partial charge on any atom is -0.493 e. The number of aliphatic imine (C=N–C) groups is 1. The van der Waals surface area contributed by atoms with Gasteiger partial charge in [-0.05, 0) is 12.1 Å². The van der Waals surface area contributed by atoms with Gasteiger partial charge in [-0.25, -0.2) is 0 Å². The molecule has 6 heteroatoms. The van der Waals surface area contributed by atoms with E-state index in [1.54, 1.807) is 21.3 Å². The molecular formula is C15H23N3O3. The third-order valence-electron chi connectivity index (χ3n) is 3.45. The van der Waals surface area contributed by atoms with Gasteiger partial charge in [-0.2, -0.15) is 0 Å². The fraction of sp³-hybridized carbons (Fsp3) is 0.533. The second-order valence-corrected chi connectivity index (χ2v) is 5.42. The molecule has 1 aromatic rings. The molecule has 1 heterocycles. The van der Waals surface area contributed by atoms with Crippen LogP contribution in [-0.2, 0) is 4.74 Å². The van der Waals surface area contributed by atoms with Crippen LogP contribution >= 0.6 is 0 Å². The van der Waals surface area contributed by atoms with Crippen molar-refractivity contribution in [1.29, 1.82) is 0 Å². The molecule has 1 fully saturated rings. The average Bonchev–Trinajstić information content (AvgIpc) is 2.49. The number of methoxy groups -OCH3 is 2. The van der Waals surface area contributed by atoms with Gasteiger partial charge in [0.2, 0.25) is 0 Å². The molecule has 0 saturated carbocycles. The third-order valence-corrected chi connectivity index (χ3v) is 3.45. The SMILES string of the molecule is CN=C(NCC1(C)COC1)Nc1ccc(OC)c(OC)c1. The fourth-order valence-electron chi connectivity index (χ4n) is 2.08. The highest BCUT2D eigenvalue weighted by Gasteiger charge is 2.33. The summed E-state index contributed by atoms with van der Waals surface area (Å²) in [7, 11) is 4.98. The molecule has 0 amide bonds. The first-order chi connectivity index (χ1) is 10.1. The molecule has 2 rings (SSSR count). The summed E-state index contributed by atoms with van der Waals surface area (Å²) in [5.74, 6) is 2.10. The van der Waals surface area contributed by atoms with Crippen LogP contribution in [0.1, 0.15) is 6.92 Å². The van der Waals surface area contributed by atoms with Gasteiger partial charge in [0.1, 0.15) is 0 Å². The highest BCUT2D eigenvalue weighted by Crippen LogP contribution is 2.29. The lowest BCUT2D eigenvalue weighted by Gasteiger charge is -2.38. The highest BCUT2D eigenvalue weighted by molar-refractivity contribution is 5.93. The van der Waals surface area contributed by atoms with E-state index in [1.807, 2.05) is 18.2 Å². The van der Waals surface area contributed by atoms with Crippen LogP contribution < -0.4 is 20.1 Å². The molecule has 0 spiro atoms. The van der Waals surface area contributed by atoms with E-state index in [1.165, 1.54) is 0 Å². The quantitative estimate of drug-likeness (QED) is 0.639. The van der Waals surface area contributed by atoms with Crippen molar-refractivity contribution in [3.63, 3.8) is 0 Å². The summed E-state index contributed by atoms with van der Waals surface area (Å²) in [4.78, 5) is 4.22. The number of nitrogens with one attached hydrogen (secondary N) is 2. The van der Waals surface area contributed by atoms with Gasteiger partial charge in [-0.15, -0.1) is 0 Å². The lowest BCUT2D eigenvalue weighted by molar-refractivity contribution is -0.0970.